The zero-order valence-corrected chi connectivity index (χ0v) is 14.0. The van der Waals surface area contributed by atoms with E-state index >= 15 is 0 Å². The van der Waals surface area contributed by atoms with Gasteiger partial charge in [-0.3, -0.25) is 4.90 Å². The van der Waals surface area contributed by atoms with Gasteiger partial charge in [-0.2, -0.15) is 0 Å². The van der Waals surface area contributed by atoms with Crippen molar-refractivity contribution < 1.29 is 9.84 Å². The van der Waals surface area contributed by atoms with E-state index in [-0.39, 0.29) is 25.1 Å². The van der Waals surface area contributed by atoms with Crippen LogP contribution < -0.4 is 10.1 Å². The lowest BCUT2D eigenvalue weighted by atomic mass is 10.0. The summed E-state index contributed by atoms with van der Waals surface area (Å²) in [6, 6.07) is 6.33. The highest BCUT2D eigenvalue weighted by atomic mass is 79.9. The smallest absolute Gasteiger partial charge is 0.124 e. The summed E-state index contributed by atoms with van der Waals surface area (Å²) >= 11 is 3.47. The van der Waals surface area contributed by atoms with E-state index in [2.05, 4.69) is 32.2 Å². The number of hydrogen-bond acceptors (Lipinski definition) is 4. The Bertz CT molecular complexity index is 414. The van der Waals surface area contributed by atoms with Crippen molar-refractivity contribution in [2.45, 2.75) is 12.5 Å². The highest BCUT2D eigenvalue weighted by molar-refractivity contribution is 9.10. The number of aliphatic hydroxyl groups excluding tert-OH is 1. The second-order valence-electron chi connectivity index (χ2n) is 4.70. The minimum Gasteiger partial charge on any atom is -0.496 e. The van der Waals surface area contributed by atoms with Gasteiger partial charge in [0.1, 0.15) is 5.75 Å². The average molecular weight is 366 g/mol. The van der Waals surface area contributed by atoms with Gasteiger partial charge < -0.3 is 15.2 Å². The first-order chi connectivity index (χ1) is 9.26. The van der Waals surface area contributed by atoms with Crippen molar-refractivity contribution >= 4 is 28.3 Å². The van der Waals surface area contributed by atoms with Crippen LogP contribution in [0, 0.1) is 0 Å². The molecule has 2 N–H and O–H groups in total. The van der Waals surface area contributed by atoms with E-state index in [1.807, 2.05) is 12.1 Å². The first-order valence-electron chi connectivity index (χ1n) is 6.65. The minimum atomic E-state index is 0. The molecule has 20 heavy (non-hydrogen) atoms. The fraction of sp³-hybridized carbons (Fsp3) is 0.571. The van der Waals surface area contributed by atoms with Crippen molar-refractivity contribution in [2.24, 2.45) is 0 Å². The number of nitrogens with one attached hydrogen (secondary N) is 1. The maximum Gasteiger partial charge on any atom is 0.124 e. The molecule has 0 aliphatic carbocycles. The van der Waals surface area contributed by atoms with E-state index < -0.39 is 0 Å². The van der Waals surface area contributed by atoms with Crippen LogP contribution in [0.25, 0.3) is 0 Å². The molecule has 1 aliphatic heterocycles. The predicted molar refractivity (Wildman–Crippen MR) is 86.8 cm³/mol. The Balaban J connectivity index is 0.00000200. The molecule has 1 saturated heterocycles. The normalized spacial score (nSPS) is 17.4. The largest absolute Gasteiger partial charge is 0.496 e. The molecule has 0 amide bonds. The van der Waals surface area contributed by atoms with Gasteiger partial charge >= 0.3 is 0 Å². The number of ether oxygens (including phenoxy) is 1. The van der Waals surface area contributed by atoms with Gasteiger partial charge in [0.05, 0.1) is 7.11 Å². The zero-order valence-electron chi connectivity index (χ0n) is 11.6. The van der Waals surface area contributed by atoms with Gasteiger partial charge in [-0.15, -0.1) is 12.4 Å². The van der Waals surface area contributed by atoms with Crippen molar-refractivity contribution in [3.63, 3.8) is 0 Å². The minimum absolute atomic E-state index is 0. The molecular formula is C14H22BrClN2O2. The summed E-state index contributed by atoms with van der Waals surface area (Å²) in [6.07, 6.45) is 0.734. The molecule has 114 valence electrons. The number of nitrogens with zero attached hydrogens (tertiary/aromatic N) is 1. The maximum atomic E-state index is 9.35. The van der Waals surface area contributed by atoms with Gasteiger partial charge in [0.25, 0.3) is 0 Å². The lowest BCUT2D eigenvalue weighted by Gasteiger charge is -2.35. The van der Waals surface area contributed by atoms with Crippen molar-refractivity contribution in [3.05, 3.63) is 28.2 Å². The van der Waals surface area contributed by atoms with E-state index in [9.17, 15) is 5.11 Å². The van der Waals surface area contributed by atoms with Crippen LogP contribution in [0.4, 0.5) is 0 Å². The molecule has 0 aromatic heterocycles. The van der Waals surface area contributed by atoms with Gasteiger partial charge in [0.15, 0.2) is 0 Å². The first-order valence-corrected chi connectivity index (χ1v) is 7.44. The summed E-state index contributed by atoms with van der Waals surface area (Å²) in [4.78, 5) is 2.42. The molecule has 1 aromatic carbocycles. The molecule has 1 heterocycles. The standard InChI is InChI=1S/C14H21BrN2O2.ClH/c1-19-14-10-11(15)2-3-12(14)13(4-9-18)17-7-5-16-6-8-17;/h2-3,10,13,16,18H,4-9H2,1H3;1H/t13-;/m1./s1. The monoisotopic (exact) mass is 364 g/mol. The fourth-order valence-electron chi connectivity index (χ4n) is 2.61. The van der Waals surface area contributed by atoms with Crippen molar-refractivity contribution in [2.75, 3.05) is 39.9 Å². The first kappa shape index (κ1) is 17.7. The molecule has 0 bridgehead atoms. The molecule has 1 aromatic rings. The molecule has 0 unspecified atom stereocenters. The van der Waals surface area contributed by atoms with Crippen LogP contribution in [0.1, 0.15) is 18.0 Å². The molecular weight excluding hydrogens is 344 g/mol. The molecule has 0 saturated carbocycles. The molecule has 2 rings (SSSR count). The second-order valence-corrected chi connectivity index (χ2v) is 5.62. The second kappa shape index (κ2) is 8.85. The Labute approximate surface area is 135 Å². The third kappa shape index (κ3) is 4.33. The van der Waals surface area contributed by atoms with Gasteiger partial charge in [-0.05, 0) is 18.6 Å². The van der Waals surface area contributed by atoms with E-state index in [0.717, 1.165) is 48.4 Å². The predicted octanol–water partition coefficient (Wildman–Crippen LogP) is 2.21. The van der Waals surface area contributed by atoms with Crippen molar-refractivity contribution in [3.8, 4) is 5.75 Å². The molecule has 1 fully saturated rings. The van der Waals surface area contributed by atoms with Crippen LogP contribution in [0.15, 0.2) is 22.7 Å². The SMILES string of the molecule is COc1cc(Br)ccc1[C@@H](CCO)N1CCNCC1.Cl. The molecule has 0 spiro atoms. The summed E-state index contributed by atoms with van der Waals surface area (Å²) in [7, 11) is 1.69. The molecule has 1 aliphatic rings. The third-order valence-corrected chi connectivity index (χ3v) is 4.04. The van der Waals surface area contributed by atoms with E-state index in [1.54, 1.807) is 7.11 Å². The zero-order chi connectivity index (χ0) is 13.7. The fourth-order valence-corrected chi connectivity index (χ4v) is 2.95. The van der Waals surface area contributed by atoms with Crippen LogP contribution in [0.5, 0.6) is 5.75 Å². The van der Waals surface area contributed by atoms with E-state index in [0.29, 0.717) is 0 Å². The Morgan fingerprint density at radius 2 is 2.10 bits per heavy atom. The highest BCUT2D eigenvalue weighted by Gasteiger charge is 2.24. The summed E-state index contributed by atoms with van der Waals surface area (Å²) in [5.41, 5.74) is 1.15. The van der Waals surface area contributed by atoms with Gasteiger partial charge in [-0.25, -0.2) is 0 Å². The number of hydrogen-bond donors (Lipinski definition) is 2. The van der Waals surface area contributed by atoms with Crippen molar-refractivity contribution in [1.82, 2.24) is 10.2 Å². The van der Waals surface area contributed by atoms with Gasteiger partial charge in [-0.1, -0.05) is 22.0 Å². The van der Waals surface area contributed by atoms with E-state index in [1.165, 1.54) is 0 Å². The molecule has 4 nitrogen and oxygen atoms in total. The third-order valence-electron chi connectivity index (χ3n) is 3.55. The summed E-state index contributed by atoms with van der Waals surface area (Å²) in [5.74, 6) is 0.881. The number of halogens is 2. The Morgan fingerprint density at radius 3 is 2.70 bits per heavy atom. The summed E-state index contributed by atoms with van der Waals surface area (Å²) < 4.78 is 6.50. The Kier molecular flexibility index (Phi) is 7.84. The quantitative estimate of drug-likeness (QED) is 0.840. The molecule has 6 heteroatoms. The van der Waals surface area contributed by atoms with Gasteiger partial charge in [0, 0.05) is 48.9 Å². The lowest BCUT2D eigenvalue weighted by molar-refractivity contribution is 0.139. The number of piperazine rings is 1. The maximum absolute atomic E-state index is 9.35. The summed E-state index contributed by atoms with van der Waals surface area (Å²) in [6.45, 7) is 4.20. The highest BCUT2D eigenvalue weighted by Crippen LogP contribution is 2.33. The molecule has 0 radical (unpaired) electrons. The number of rotatable bonds is 5. The van der Waals surface area contributed by atoms with Crippen LogP contribution in [-0.2, 0) is 0 Å². The topological polar surface area (TPSA) is 44.7 Å². The number of aliphatic hydroxyl groups is 1. The van der Waals surface area contributed by atoms with Crippen molar-refractivity contribution in [1.29, 1.82) is 0 Å². The lowest BCUT2D eigenvalue weighted by Crippen LogP contribution is -2.45. The summed E-state index contributed by atoms with van der Waals surface area (Å²) in [5, 5.41) is 12.7. The van der Waals surface area contributed by atoms with Crippen LogP contribution in [0.3, 0.4) is 0 Å². The average Bonchev–Trinajstić information content (AvgIpc) is 2.46. The van der Waals surface area contributed by atoms with Crippen LogP contribution in [0.2, 0.25) is 0 Å². The molecule has 1 atom stereocenters. The van der Waals surface area contributed by atoms with Gasteiger partial charge in [0.2, 0.25) is 0 Å². The van der Waals surface area contributed by atoms with E-state index in [4.69, 9.17) is 4.74 Å². The van der Waals surface area contributed by atoms with Crippen LogP contribution >= 0.6 is 28.3 Å². The Morgan fingerprint density at radius 1 is 1.40 bits per heavy atom. The number of benzene rings is 1. The Hall–Kier alpha value is -0.330. The van der Waals surface area contributed by atoms with Crippen LogP contribution in [-0.4, -0.2) is 49.9 Å². The number of methoxy groups -OCH3 is 1.